The number of rotatable bonds is 2. The minimum Gasteiger partial charge on any atom is -0.344 e. The van der Waals surface area contributed by atoms with Crippen LogP contribution in [-0.4, -0.2) is 23.3 Å². The van der Waals surface area contributed by atoms with Crippen molar-refractivity contribution in [2.75, 3.05) is 6.54 Å². The molecule has 0 atom stereocenters. The van der Waals surface area contributed by atoms with Crippen LogP contribution in [0.15, 0.2) is 54.6 Å². The molecule has 1 aliphatic rings. The number of amides is 2. The van der Waals surface area contributed by atoms with Gasteiger partial charge in [0.1, 0.15) is 0 Å². The summed E-state index contributed by atoms with van der Waals surface area (Å²) in [5.41, 5.74) is 3.36. The Morgan fingerprint density at radius 2 is 1.64 bits per heavy atom. The molecule has 1 N–H and O–H groups in total. The summed E-state index contributed by atoms with van der Waals surface area (Å²) in [5, 5.41) is 2.69. The van der Waals surface area contributed by atoms with Crippen LogP contribution in [0.1, 0.15) is 16.7 Å². The average molecular weight is 294 g/mol. The lowest BCUT2D eigenvalue weighted by Crippen LogP contribution is -2.44. The van der Waals surface area contributed by atoms with Gasteiger partial charge >= 0.3 is 11.8 Å². The number of carbonyl (C=O) groups excluding carboxylic acids is 2. The first-order valence-corrected chi connectivity index (χ1v) is 7.42. The van der Waals surface area contributed by atoms with E-state index < -0.39 is 11.8 Å². The lowest BCUT2D eigenvalue weighted by Gasteiger charge is -2.28. The lowest BCUT2D eigenvalue weighted by molar-refractivity contribution is -0.146. The number of carbonyl (C=O) groups is 2. The highest BCUT2D eigenvalue weighted by atomic mass is 16.2. The monoisotopic (exact) mass is 294 g/mol. The van der Waals surface area contributed by atoms with Gasteiger partial charge in [0, 0.05) is 19.6 Å². The fourth-order valence-electron chi connectivity index (χ4n) is 2.67. The number of nitrogens with one attached hydrogen (secondary N) is 1. The summed E-state index contributed by atoms with van der Waals surface area (Å²) in [6.07, 6.45) is 0.799. The Morgan fingerprint density at radius 1 is 0.955 bits per heavy atom. The number of nitrogens with zero attached hydrogens (tertiary/aromatic N) is 1. The van der Waals surface area contributed by atoms with E-state index in [1.807, 2.05) is 48.5 Å². The summed E-state index contributed by atoms with van der Waals surface area (Å²) >= 11 is 0. The quantitative estimate of drug-likeness (QED) is 0.860. The molecule has 3 rings (SSSR count). The van der Waals surface area contributed by atoms with Crippen LogP contribution in [0.2, 0.25) is 0 Å². The Morgan fingerprint density at radius 3 is 2.41 bits per heavy atom. The number of hydrogen-bond donors (Lipinski definition) is 1. The largest absolute Gasteiger partial charge is 0.344 e. The number of hydrogen-bond acceptors (Lipinski definition) is 2. The van der Waals surface area contributed by atoms with Crippen molar-refractivity contribution < 1.29 is 9.59 Å². The third kappa shape index (κ3) is 3.17. The zero-order chi connectivity index (χ0) is 15.4. The minimum atomic E-state index is -0.539. The molecule has 0 unspecified atom stereocenters. The van der Waals surface area contributed by atoms with Crippen molar-refractivity contribution in [2.45, 2.75) is 19.5 Å². The van der Waals surface area contributed by atoms with Gasteiger partial charge in [-0.1, -0.05) is 54.6 Å². The topological polar surface area (TPSA) is 49.4 Å². The van der Waals surface area contributed by atoms with Gasteiger partial charge in [0.15, 0.2) is 0 Å². The molecule has 1 aliphatic heterocycles. The second-order valence-corrected chi connectivity index (χ2v) is 5.41. The van der Waals surface area contributed by atoms with Crippen molar-refractivity contribution in [3.63, 3.8) is 0 Å². The summed E-state index contributed by atoms with van der Waals surface area (Å²) < 4.78 is 0. The van der Waals surface area contributed by atoms with Crippen LogP contribution in [-0.2, 0) is 29.1 Å². The molecule has 4 nitrogen and oxygen atoms in total. The summed E-state index contributed by atoms with van der Waals surface area (Å²) in [4.78, 5) is 25.9. The van der Waals surface area contributed by atoms with Gasteiger partial charge in [0.2, 0.25) is 0 Å². The lowest BCUT2D eigenvalue weighted by atomic mass is 10.00. The summed E-state index contributed by atoms with van der Waals surface area (Å²) in [6.45, 7) is 1.47. The van der Waals surface area contributed by atoms with Gasteiger partial charge < -0.3 is 10.2 Å². The molecule has 2 aromatic carbocycles. The van der Waals surface area contributed by atoms with Crippen molar-refractivity contribution in [1.29, 1.82) is 0 Å². The van der Waals surface area contributed by atoms with E-state index in [0.717, 1.165) is 17.5 Å². The number of benzene rings is 2. The molecule has 2 aromatic rings. The summed E-state index contributed by atoms with van der Waals surface area (Å²) in [5.74, 6) is -0.992. The second-order valence-electron chi connectivity index (χ2n) is 5.41. The van der Waals surface area contributed by atoms with Gasteiger partial charge in [-0.3, -0.25) is 9.59 Å². The highest BCUT2D eigenvalue weighted by Crippen LogP contribution is 2.18. The molecule has 0 radical (unpaired) electrons. The van der Waals surface area contributed by atoms with Crippen LogP contribution in [0.4, 0.5) is 0 Å². The molecule has 0 bridgehead atoms. The van der Waals surface area contributed by atoms with Crippen LogP contribution in [0.25, 0.3) is 0 Å². The van der Waals surface area contributed by atoms with Crippen molar-refractivity contribution >= 4 is 11.8 Å². The van der Waals surface area contributed by atoms with Crippen LogP contribution in [0.3, 0.4) is 0 Å². The van der Waals surface area contributed by atoms with E-state index in [9.17, 15) is 9.59 Å². The van der Waals surface area contributed by atoms with Crippen molar-refractivity contribution in [3.8, 4) is 0 Å². The van der Waals surface area contributed by atoms with Crippen molar-refractivity contribution in [2.24, 2.45) is 0 Å². The maximum atomic E-state index is 12.2. The predicted octanol–water partition coefficient (Wildman–Crippen LogP) is 1.89. The average Bonchev–Trinajstić information content (AvgIpc) is 2.59. The zero-order valence-electron chi connectivity index (χ0n) is 12.3. The highest BCUT2D eigenvalue weighted by molar-refractivity contribution is 6.34. The van der Waals surface area contributed by atoms with Gasteiger partial charge in [0.05, 0.1) is 0 Å². The molecule has 0 aliphatic carbocycles. The van der Waals surface area contributed by atoms with E-state index in [1.165, 1.54) is 5.56 Å². The maximum absolute atomic E-state index is 12.2. The molecule has 4 heteroatoms. The van der Waals surface area contributed by atoms with Crippen LogP contribution >= 0.6 is 0 Å². The van der Waals surface area contributed by atoms with Gasteiger partial charge in [-0.05, 0) is 23.1 Å². The first-order valence-electron chi connectivity index (χ1n) is 7.42. The molecule has 22 heavy (non-hydrogen) atoms. The summed E-state index contributed by atoms with van der Waals surface area (Å²) in [6, 6.07) is 17.6. The van der Waals surface area contributed by atoms with Crippen molar-refractivity contribution in [1.82, 2.24) is 10.2 Å². The molecule has 0 fully saturated rings. The molecule has 1 heterocycles. The Kier molecular flexibility index (Phi) is 4.19. The molecule has 112 valence electrons. The molecule has 0 saturated heterocycles. The second kappa shape index (κ2) is 6.43. The third-order valence-electron chi connectivity index (χ3n) is 3.91. The number of fused-ring (bicyclic) bond motifs is 1. The van der Waals surface area contributed by atoms with E-state index in [-0.39, 0.29) is 0 Å². The van der Waals surface area contributed by atoms with E-state index in [1.54, 1.807) is 4.90 Å². The summed E-state index contributed by atoms with van der Waals surface area (Å²) in [7, 11) is 0. The first kappa shape index (κ1) is 14.3. The van der Waals surface area contributed by atoms with E-state index >= 15 is 0 Å². The minimum absolute atomic E-state index is 0.371. The van der Waals surface area contributed by atoms with Crippen LogP contribution in [0, 0.1) is 0 Å². The predicted molar refractivity (Wildman–Crippen MR) is 83.9 cm³/mol. The molecular weight excluding hydrogens is 276 g/mol. The molecular formula is C18H18N2O2. The van der Waals surface area contributed by atoms with Crippen LogP contribution < -0.4 is 5.32 Å². The molecule has 0 spiro atoms. The maximum Gasteiger partial charge on any atom is 0.312 e. The first-order chi connectivity index (χ1) is 10.7. The fourth-order valence-corrected chi connectivity index (χ4v) is 2.67. The Hall–Kier alpha value is -2.62. The molecule has 0 aromatic heterocycles. The standard InChI is InChI=1S/C18H18N2O2/c21-17(19-12-14-6-2-1-3-7-14)18(22)20-11-10-15-8-4-5-9-16(15)13-20/h1-9H,10-13H2,(H,19,21). The molecule has 0 saturated carbocycles. The van der Waals surface area contributed by atoms with Gasteiger partial charge in [-0.2, -0.15) is 0 Å². The third-order valence-corrected chi connectivity index (χ3v) is 3.91. The van der Waals surface area contributed by atoms with E-state index in [0.29, 0.717) is 19.6 Å². The smallest absolute Gasteiger partial charge is 0.312 e. The zero-order valence-corrected chi connectivity index (χ0v) is 12.3. The van der Waals surface area contributed by atoms with Gasteiger partial charge in [0.25, 0.3) is 0 Å². The van der Waals surface area contributed by atoms with Crippen molar-refractivity contribution in [3.05, 3.63) is 71.3 Å². The Labute approximate surface area is 129 Å². The Balaban J connectivity index is 1.59. The fraction of sp³-hybridized carbons (Fsp3) is 0.222. The van der Waals surface area contributed by atoms with Gasteiger partial charge in [-0.25, -0.2) is 0 Å². The highest BCUT2D eigenvalue weighted by Gasteiger charge is 2.25. The van der Waals surface area contributed by atoms with E-state index in [2.05, 4.69) is 11.4 Å². The van der Waals surface area contributed by atoms with Crippen LogP contribution in [0.5, 0.6) is 0 Å². The van der Waals surface area contributed by atoms with Gasteiger partial charge in [-0.15, -0.1) is 0 Å². The molecule has 2 amide bonds. The Bertz CT molecular complexity index is 682. The van der Waals surface area contributed by atoms with E-state index in [4.69, 9.17) is 0 Å². The normalized spacial score (nSPS) is 13.4. The SMILES string of the molecule is O=C(NCc1ccccc1)C(=O)N1CCc2ccccc2C1.